The lowest BCUT2D eigenvalue weighted by molar-refractivity contribution is -0.122. The van der Waals surface area contributed by atoms with Crippen molar-refractivity contribution < 1.29 is 26.4 Å². The first kappa shape index (κ1) is 23.5. The number of nitrogens with zero attached hydrogens (tertiary/aromatic N) is 2. The van der Waals surface area contributed by atoms with Gasteiger partial charge in [-0.3, -0.25) is 9.10 Å². The number of anilines is 2. The molecule has 1 atom stereocenters. The Morgan fingerprint density at radius 2 is 1.58 bits per heavy atom. The number of para-hydroxylation sites is 2. The van der Waals surface area contributed by atoms with Crippen LogP contribution in [0.25, 0.3) is 0 Å². The Bertz CT molecular complexity index is 1220. The number of nitrogens with one attached hydrogen (secondary N) is 1. The third-order valence-corrected chi connectivity index (χ3v) is 8.81. The van der Waals surface area contributed by atoms with Crippen LogP contribution in [0, 0.1) is 0 Å². The van der Waals surface area contributed by atoms with E-state index >= 15 is 0 Å². The molecule has 9 nitrogen and oxygen atoms in total. The summed E-state index contributed by atoms with van der Waals surface area (Å²) in [5.74, 6) is -0.227. The maximum Gasteiger partial charge on any atom is 0.267 e. The van der Waals surface area contributed by atoms with E-state index in [1.54, 1.807) is 24.3 Å². The Morgan fingerprint density at radius 3 is 2.21 bits per heavy atom. The summed E-state index contributed by atoms with van der Waals surface area (Å²) < 4.78 is 58.7. The summed E-state index contributed by atoms with van der Waals surface area (Å²) in [6, 6.07) is 12.6. The fourth-order valence-corrected chi connectivity index (χ4v) is 6.45. The molecular weight excluding hydrogens is 466 g/mol. The molecule has 2 aromatic carbocycles. The SMILES string of the molecule is CS(=O)(=O)N1C[C@@H](C(=O)Nc2ccc(S(=O)(=O)N3CCCCCC3)cc2)Oc2ccccc21. The van der Waals surface area contributed by atoms with Crippen LogP contribution in [0.5, 0.6) is 5.75 Å². The summed E-state index contributed by atoms with van der Waals surface area (Å²) in [7, 11) is -7.20. The molecule has 0 radical (unpaired) electrons. The van der Waals surface area contributed by atoms with Crippen molar-refractivity contribution in [3.8, 4) is 5.75 Å². The normalized spacial score (nSPS) is 19.8. The minimum Gasteiger partial charge on any atom is -0.476 e. The highest BCUT2D eigenvalue weighted by molar-refractivity contribution is 7.92. The minimum atomic E-state index is -3.61. The van der Waals surface area contributed by atoms with Crippen LogP contribution in [-0.2, 0) is 24.8 Å². The lowest BCUT2D eigenvalue weighted by Crippen LogP contribution is -2.48. The van der Waals surface area contributed by atoms with Crippen molar-refractivity contribution in [2.24, 2.45) is 0 Å². The molecule has 11 heteroatoms. The van der Waals surface area contributed by atoms with E-state index in [-0.39, 0.29) is 11.4 Å². The van der Waals surface area contributed by atoms with Gasteiger partial charge in [-0.15, -0.1) is 0 Å². The zero-order chi connectivity index (χ0) is 23.6. The van der Waals surface area contributed by atoms with Gasteiger partial charge in [0.15, 0.2) is 6.10 Å². The molecule has 0 spiro atoms. The van der Waals surface area contributed by atoms with Crippen molar-refractivity contribution in [1.82, 2.24) is 4.31 Å². The van der Waals surface area contributed by atoms with Gasteiger partial charge in [0, 0.05) is 18.8 Å². The van der Waals surface area contributed by atoms with Gasteiger partial charge in [0.2, 0.25) is 20.0 Å². The van der Waals surface area contributed by atoms with E-state index in [4.69, 9.17) is 4.74 Å². The van der Waals surface area contributed by atoms with Crippen LogP contribution in [0.3, 0.4) is 0 Å². The molecule has 0 bridgehead atoms. The largest absolute Gasteiger partial charge is 0.476 e. The second-order valence-electron chi connectivity index (χ2n) is 8.20. The van der Waals surface area contributed by atoms with Crippen molar-refractivity contribution in [3.63, 3.8) is 0 Å². The number of hydrogen-bond acceptors (Lipinski definition) is 6. The van der Waals surface area contributed by atoms with Crippen LogP contribution < -0.4 is 14.4 Å². The molecule has 4 rings (SSSR count). The summed E-state index contributed by atoms with van der Waals surface area (Å²) in [5.41, 5.74) is 0.773. The second-order valence-corrected chi connectivity index (χ2v) is 12.0. The molecule has 2 heterocycles. The van der Waals surface area contributed by atoms with Gasteiger partial charge in [0.1, 0.15) is 5.75 Å². The van der Waals surface area contributed by atoms with E-state index in [1.165, 1.54) is 28.6 Å². The van der Waals surface area contributed by atoms with Gasteiger partial charge in [-0.05, 0) is 49.2 Å². The Labute approximate surface area is 194 Å². The van der Waals surface area contributed by atoms with Gasteiger partial charge >= 0.3 is 0 Å². The Balaban J connectivity index is 1.48. The molecule has 1 saturated heterocycles. The molecule has 1 amide bonds. The fraction of sp³-hybridized carbons (Fsp3) is 0.409. The number of ether oxygens (including phenoxy) is 1. The summed E-state index contributed by atoms with van der Waals surface area (Å²) in [6.45, 7) is 0.861. The van der Waals surface area contributed by atoms with Gasteiger partial charge in [-0.25, -0.2) is 16.8 Å². The van der Waals surface area contributed by atoms with Gasteiger partial charge < -0.3 is 10.1 Å². The number of sulfonamides is 2. The first-order valence-electron chi connectivity index (χ1n) is 10.8. The molecule has 0 aromatic heterocycles. The lowest BCUT2D eigenvalue weighted by atomic mass is 10.2. The standard InChI is InChI=1S/C22H27N3O6S2/c1-32(27,28)25-16-21(31-20-9-5-4-8-19(20)25)22(26)23-17-10-12-18(13-11-17)33(29,30)24-14-6-2-3-7-15-24/h4-5,8-13,21H,2-3,6-7,14-16H2,1H3,(H,23,26)/t21-/m0/s1. The molecule has 2 aliphatic heterocycles. The number of hydrogen-bond donors (Lipinski definition) is 1. The lowest BCUT2D eigenvalue weighted by Gasteiger charge is -2.33. The van der Waals surface area contributed by atoms with Gasteiger partial charge in [-0.2, -0.15) is 4.31 Å². The predicted molar refractivity (Wildman–Crippen MR) is 125 cm³/mol. The molecular formula is C22H27N3O6S2. The highest BCUT2D eigenvalue weighted by Gasteiger charge is 2.35. The van der Waals surface area contributed by atoms with Crippen LogP contribution in [-0.4, -0.2) is 59.0 Å². The first-order valence-corrected chi connectivity index (χ1v) is 14.1. The molecule has 1 fully saturated rings. The van der Waals surface area contributed by atoms with Crippen LogP contribution >= 0.6 is 0 Å². The van der Waals surface area contributed by atoms with E-state index < -0.39 is 32.1 Å². The van der Waals surface area contributed by atoms with E-state index in [2.05, 4.69) is 5.32 Å². The monoisotopic (exact) mass is 493 g/mol. The molecule has 178 valence electrons. The van der Waals surface area contributed by atoms with Crippen molar-refractivity contribution in [2.75, 3.05) is 35.5 Å². The van der Waals surface area contributed by atoms with Gasteiger partial charge in [-0.1, -0.05) is 25.0 Å². The zero-order valence-corrected chi connectivity index (χ0v) is 19.9. The molecule has 2 aliphatic rings. The maximum atomic E-state index is 12.9. The van der Waals surface area contributed by atoms with E-state index in [1.807, 2.05) is 0 Å². The minimum absolute atomic E-state index is 0.164. The average molecular weight is 494 g/mol. The molecule has 0 unspecified atom stereocenters. The molecule has 1 N–H and O–H groups in total. The van der Waals surface area contributed by atoms with Crippen LogP contribution in [0.2, 0.25) is 0 Å². The maximum absolute atomic E-state index is 12.9. The smallest absolute Gasteiger partial charge is 0.267 e. The van der Waals surface area contributed by atoms with Crippen molar-refractivity contribution in [3.05, 3.63) is 48.5 Å². The Hall–Kier alpha value is -2.63. The van der Waals surface area contributed by atoms with E-state index in [0.29, 0.717) is 30.2 Å². The van der Waals surface area contributed by atoms with Crippen molar-refractivity contribution in [2.45, 2.75) is 36.7 Å². The molecule has 0 aliphatic carbocycles. The van der Waals surface area contributed by atoms with E-state index in [0.717, 1.165) is 36.2 Å². The molecule has 33 heavy (non-hydrogen) atoms. The number of rotatable bonds is 5. The van der Waals surface area contributed by atoms with Crippen LogP contribution in [0.15, 0.2) is 53.4 Å². The van der Waals surface area contributed by atoms with Crippen LogP contribution in [0.4, 0.5) is 11.4 Å². The van der Waals surface area contributed by atoms with Crippen LogP contribution in [0.1, 0.15) is 25.7 Å². The first-order chi connectivity index (χ1) is 15.7. The highest BCUT2D eigenvalue weighted by Crippen LogP contribution is 2.34. The zero-order valence-electron chi connectivity index (χ0n) is 18.3. The summed E-state index contributed by atoms with van der Waals surface area (Å²) >= 11 is 0. The number of carbonyl (C=O) groups is 1. The number of amides is 1. The fourth-order valence-electron chi connectivity index (χ4n) is 4.02. The summed E-state index contributed by atoms with van der Waals surface area (Å²) in [4.78, 5) is 13.0. The third kappa shape index (κ3) is 5.15. The Kier molecular flexibility index (Phi) is 6.64. The topological polar surface area (TPSA) is 113 Å². The summed E-state index contributed by atoms with van der Waals surface area (Å²) in [5, 5.41) is 2.69. The molecule has 0 saturated carbocycles. The third-order valence-electron chi connectivity index (χ3n) is 5.75. The van der Waals surface area contributed by atoms with Gasteiger partial charge in [0.05, 0.1) is 23.4 Å². The van der Waals surface area contributed by atoms with Gasteiger partial charge in [0.25, 0.3) is 5.91 Å². The van der Waals surface area contributed by atoms with E-state index in [9.17, 15) is 21.6 Å². The Morgan fingerprint density at radius 1 is 0.939 bits per heavy atom. The van der Waals surface area contributed by atoms with Crippen molar-refractivity contribution >= 4 is 37.3 Å². The predicted octanol–water partition coefficient (Wildman–Crippen LogP) is 2.42. The average Bonchev–Trinajstić information content (AvgIpc) is 3.08. The summed E-state index contributed by atoms with van der Waals surface area (Å²) in [6.07, 6.45) is 3.77. The quantitative estimate of drug-likeness (QED) is 0.685. The number of fused-ring (bicyclic) bond motifs is 1. The second kappa shape index (κ2) is 9.32. The number of carbonyl (C=O) groups excluding carboxylic acids is 1. The highest BCUT2D eigenvalue weighted by atomic mass is 32.2. The number of benzene rings is 2. The molecule has 2 aromatic rings. The van der Waals surface area contributed by atoms with Crippen molar-refractivity contribution in [1.29, 1.82) is 0 Å².